The minimum Gasteiger partial charge on any atom is -0.496 e. The topological polar surface area (TPSA) is 21.3 Å². The van der Waals surface area contributed by atoms with E-state index in [0.29, 0.717) is 11.3 Å². The molecule has 0 bridgehead atoms. The maximum Gasteiger partial charge on any atom is 0.131 e. The zero-order valence-electron chi connectivity index (χ0n) is 8.22. The molecule has 0 aliphatic carbocycles. The number of hydrogen-bond acceptors (Lipinski definition) is 2. The Bertz CT molecular complexity index is 321. The van der Waals surface area contributed by atoms with E-state index in [1.807, 2.05) is 0 Å². The van der Waals surface area contributed by atoms with Crippen LogP contribution in [0.3, 0.4) is 0 Å². The number of hydrogen-bond donors (Lipinski definition) is 1. The number of rotatable bonds is 2. The molecule has 1 aromatic carbocycles. The maximum absolute atomic E-state index is 13.6. The minimum absolute atomic E-state index is 0.117. The van der Waals surface area contributed by atoms with Crippen molar-refractivity contribution in [3.8, 4) is 5.75 Å². The van der Waals surface area contributed by atoms with Crippen LogP contribution in [0.4, 0.5) is 4.39 Å². The number of benzene rings is 1. The molecule has 0 amide bonds. The van der Waals surface area contributed by atoms with Crippen molar-refractivity contribution in [2.24, 2.45) is 0 Å². The van der Waals surface area contributed by atoms with Crippen LogP contribution in [0.2, 0.25) is 0 Å². The van der Waals surface area contributed by atoms with Gasteiger partial charge in [0.2, 0.25) is 0 Å². The lowest BCUT2D eigenvalue weighted by molar-refractivity contribution is 0.396. The largest absolute Gasteiger partial charge is 0.496 e. The van der Waals surface area contributed by atoms with Gasteiger partial charge >= 0.3 is 0 Å². The summed E-state index contributed by atoms with van der Waals surface area (Å²) in [6.45, 7) is 0.960. The molecule has 1 aliphatic heterocycles. The molecule has 76 valence electrons. The molecule has 14 heavy (non-hydrogen) atoms. The molecule has 1 saturated heterocycles. The minimum atomic E-state index is -0.177. The second-order valence-corrected chi connectivity index (χ2v) is 3.50. The van der Waals surface area contributed by atoms with Gasteiger partial charge in [-0.15, -0.1) is 0 Å². The van der Waals surface area contributed by atoms with E-state index in [1.165, 1.54) is 6.07 Å². The van der Waals surface area contributed by atoms with E-state index >= 15 is 0 Å². The van der Waals surface area contributed by atoms with Crippen LogP contribution in [-0.2, 0) is 0 Å². The quantitative estimate of drug-likeness (QED) is 0.781. The van der Waals surface area contributed by atoms with Crippen LogP contribution in [0.25, 0.3) is 0 Å². The van der Waals surface area contributed by atoms with Gasteiger partial charge < -0.3 is 10.1 Å². The van der Waals surface area contributed by atoms with Crippen molar-refractivity contribution < 1.29 is 9.13 Å². The van der Waals surface area contributed by atoms with E-state index in [-0.39, 0.29) is 11.9 Å². The summed E-state index contributed by atoms with van der Waals surface area (Å²) in [6.07, 6.45) is 2.08. The molecule has 1 N–H and O–H groups in total. The second kappa shape index (κ2) is 3.96. The molecule has 2 nitrogen and oxygen atoms in total. The summed E-state index contributed by atoms with van der Waals surface area (Å²) >= 11 is 0. The van der Waals surface area contributed by atoms with Crippen molar-refractivity contribution in [3.05, 3.63) is 29.6 Å². The molecule has 1 heterocycles. The third-order valence-electron chi connectivity index (χ3n) is 2.64. The molecule has 1 atom stereocenters. The van der Waals surface area contributed by atoms with E-state index in [1.54, 1.807) is 19.2 Å². The summed E-state index contributed by atoms with van der Waals surface area (Å²) < 4.78 is 18.7. The monoisotopic (exact) mass is 195 g/mol. The van der Waals surface area contributed by atoms with Gasteiger partial charge in [-0.05, 0) is 31.5 Å². The van der Waals surface area contributed by atoms with Gasteiger partial charge in [0, 0.05) is 11.6 Å². The first-order chi connectivity index (χ1) is 6.83. The van der Waals surface area contributed by atoms with E-state index in [2.05, 4.69) is 5.32 Å². The number of ether oxygens (including phenoxy) is 1. The van der Waals surface area contributed by atoms with Crippen molar-refractivity contribution in [3.63, 3.8) is 0 Å². The molecular formula is C11H14FNO. The molecule has 0 radical (unpaired) electrons. The van der Waals surface area contributed by atoms with Crippen molar-refractivity contribution in [2.75, 3.05) is 13.7 Å². The van der Waals surface area contributed by atoms with E-state index in [0.717, 1.165) is 19.4 Å². The first-order valence-corrected chi connectivity index (χ1v) is 4.88. The van der Waals surface area contributed by atoms with Gasteiger partial charge in [-0.2, -0.15) is 0 Å². The molecule has 1 aromatic rings. The molecule has 3 heteroatoms. The van der Waals surface area contributed by atoms with Crippen LogP contribution in [0.15, 0.2) is 18.2 Å². The molecule has 0 saturated carbocycles. The predicted molar refractivity (Wildman–Crippen MR) is 52.9 cm³/mol. The Labute approximate surface area is 83.1 Å². The average Bonchev–Trinajstić information content (AvgIpc) is 2.70. The van der Waals surface area contributed by atoms with Crippen molar-refractivity contribution >= 4 is 0 Å². The van der Waals surface area contributed by atoms with E-state index < -0.39 is 0 Å². The van der Waals surface area contributed by atoms with Gasteiger partial charge in [0.25, 0.3) is 0 Å². The maximum atomic E-state index is 13.6. The highest BCUT2D eigenvalue weighted by molar-refractivity contribution is 5.37. The summed E-state index contributed by atoms with van der Waals surface area (Å²) in [5, 5.41) is 3.27. The van der Waals surface area contributed by atoms with Crippen LogP contribution in [-0.4, -0.2) is 13.7 Å². The number of halogens is 1. The number of methoxy groups -OCH3 is 1. The first kappa shape index (κ1) is 9.46. The fourth-order valence-electron chi connectivity index (χ4n) is 1.96. The highest BCUT2D eigenvalue weighted by Gasteiger charge is 2.22. The van der Waals surface area contributed by atoms with Crippen LogP contribution in [0.5, 0.6) is 5.75 Å². The van der Waals surface area contributed by atoms with Gasteiger partial charge in [-0.1, -0.05) is 6.07 Å². The van der Waals surface area contributed by atoms with Crippen LogP contribution < -0.4 is 10.1 Å². The molecule has 0 spiro atoms. The fraction of sp³-hybridized carbons (Fsp3) is 0.455. The van der Waals surface area contributed by atoms with Gasteiger partial charge in [-0.3, -0.25) is 0 Å². The third-order valence-corrected chi connectivity index (χ3v) is 2.64. The Morgan fingerprint density at radius 2 is 2.36 bits per heavy atom. The fourth-order valence-corrected chi connectivity index (χ4v) is 1.96. The Balaban J connectivity index is 2.37. The SMILES string of the molecule is COc1cccc(F)c1[C@@H]1CCCN1. The third kappa shape index (κ3) is 1.60. The van der Waals surface area contributed by atoms with Gasteiger partial charge in [-0.25, -0.2) is 4.39 Å². The van der Waals surface area contributed by atoms with Crippen LogP contribution in [0, 0.1) is 5.82 Å². The Morgan fingerprint density at radius 1 is 1.50 bits per heavy atom. The zero-order valence-corrected chi connectivity index (χ0v) is 8.22. The highest BCUT2D eigenvalue weighted by atomic mass is 19.1. The lowest BCUT2D eigenvalue weighted by Crippen LogP contribution is -2.15. The zero-order chi connectivity index (χ0) is 9.97. The number of nitrogens with one attached hydrogen (secondary N) is 1. The second-order valence-electron chi connectivity index (χ2n) is 3.50. The van der Waals surface area contributed by atoms with Gasteiger partial charge in [0.15, 0.2) is 0 Å². The van der Waals surface area contributed by atoms with Crippen molar-refractivity contribution in [2.45, 2.75) is 18.9 Å². The molecule has 1 fully saturated rings. The molecule has 0 aromatic heterocycles. The predicted octanol–water partition coefficient (Wildman–Crippen LogP) is 2.26. The van der Waals surface area contributed by atoms with Crippen LogP contribution >= 0.6 is 0 Å². The summed E-state index contributed by atoms with van der Waals surface area (Å²) in [6, 6.07) is 5.08. The average molecular weight is 195 g/mol. The van der Waals surface area contributed by atoms with Crippen molar-refractivity contribution in [1.82, 2.24) is 5.32 Å². The normalized spacial score (nSPS) is 21.1. The molecule has 2 rings (SSSR count). The van der Waals surface area contributed by atoms with Crippen LogP contribution in [0.1, 0.15) is 24.4 Å². The molecule has 1 aliphatic rings. The van der Waals surface area contributed by atoms with Gasteiger partial charge in [0.1, 0.15) is 11.6 Å². The lowest BCUT2D eigenvalue weighted by Gasteiger charge is -2.15. The molecule has 0 unspecified atom stereocenters. The summed E-state index contributed by atoms with van der Waals surface area (Å²) in [5.41, 5.74) is 0.674. The standard InChI is InChI=1S/C11H14FNO/c1-14-10-6-2-4-8(12)11(10)9-5-3-7-13-9/h2,4,6,9,13H,3,5,7H2,1H3/t9-/m0/s1. The van der Waals surface area contributed by atoms with E-state index in [4.69, 9.17) is 4.74 Å². The smallest absolute Gasteiger partial charge is 0.131 e. The highest BCUT2D eigenvalue weighted by Crippen LogP contribution is 2.32. The lowest BCUT2D eigenvalue weighted by atomic mass is 10.0. The Hall–Kier alpha value is -1.09. The summed E-state index contributed by atoms with van der Waals surface area (Å²) in [5.74, 6) is 0.466. The summed E-state index contributed by atoms with van der Waals surface area (Å²) in [4.78, 5) is 0. The summed E-state index contributed by atoms with van der Waals surface area (Å²) in [7, 11) is 1.58. The van der Waals surface area contributed by atoms with Crippen molar-refractivity contribution in [1.29, 1.82) is 0 Å². The molecular weight excluding hydrogens is 181 g/mol. The Morgan fingerprint density at radius 3 is 3.00 bits per heavy atom. The van der Waals surface area contributed by atoms with E-state index in [9.17, 15) is 4.39 Å². The Kier molecular flexibility index (Phi) is 2.68. The first-order valence-electron chi connectivity index (χ1n) is 4.88. The van der Waals surface area contributed by atoms with Gasteiger partial charge in [0.05, 0.1) is 7.11 Å².